The summed E-state index contributed by atoms with van der Waals surface area (Å²) >= 11 is 6.46. The lowest BCUT2D eigenvalue weighted by Gasteiger charge is -2.25. The lowest BCUT2D eigenvalue weighted by molar-refractivity contribution is -0.922. The van der Waals surface area contributed by atoms with Crippen molar-refractivity contribution in [3.63, 3.8) is 0 Å². The SMILES string of the molecule is CC[NH+](CC)C(c1cccs1)c1c(O)[nH]c(=S)[nH]c1=O. The molecule has 108 valence electrons. The third-order valence-corrected chi connectivity index (χ3v) is 4.53. The molecule has 1 unspecified atom stereocenters. The number of hydrogen-bond acceptors (Lipinski definition) is 4. The second-order valence-corrected chi connectivity index (χ2v) is 5.87. The van der Waals surface area contributed by atoms with Crippen molar-refractivity contribution < 1.29 is 10.0 Å². The van der Waals surface area contributed by atoms with E-state index in [1.165, 1.54) is 4.90 Å². The lowest BCUT2D eigenvalue weighted by Crippen LogP contribution is -3.12. The van der Waals surface area contributed by atoms with Gasteiger partial charge in [0.05, 0.1) is 18.0 Å². The molecule has 2 aromatic rings. The van der Waals surface area contributed by atoms with Gasteiger partial charge in [-0.05, 0) is 37.5 Å². The molecule has 1 atom stereocenters. The summed E-state index contributed by atoms with van der Waals surface area (Å²) < 4.78 is 0.135. The molecule has 20 heavy (non-hydrogen) atoms. The van der Waals surface area contributed by atoms with Gasteiger partial charge >= 0.3 is 0 Å². The first kappa shape index (κ1) is 15.0. The number of H-pyrrole nitrogens is 2. The van der Waals surface area contributed by atoms with Gasteiger partial charge in [-0.2, -0.15) is 0 Å². The lowest BCUT2D eigenvalue weighted by atomic mass is 10.1. The summed E-state index contributed by atoms with van der Waals surface area (Å²) in [5, 5.41) is 12.1. The summed E-state index contributed by atoms with van der Waals surface area (Å²) in [6.45, 7) is 5.84. The minimum absolute atomic E-state index is 0.135. The van der Waals surface area contributed by atoms with E-state index in [1.54, 1.807) is 11.3 Å². The first-order chi connectivity index (χ1) is 9.58. The molecule has 0 fully saturated rings. The molecule has 2 rings (SSSR count). The number of hydrogen-bond donors (Lipinski definition) is 4. The minimum atomic E-state index is -0.330. The first-order valence-electron chi connectivity index (χ1n) is 6.51. The molecule has 0 aliphatic rings. The van der Waals surface area contributed by atoms with Crippen molar-refractivity contribution >= 4 is 23.6 Å². The van der Waals surface area contributed by atoms with Crippen LogP contribution in [-0.4, -0.2) is 28.2 Å². The molecular weight excluding hydrogens is 294 g/mol. The van der Waals surface area contributed by atoms with Crippen LogP contribution in [0.3, 0.4) is 0 Å². The maximum absolute atomic E-state index is 12.2. The Morgan fingerprint density at radius 3 is 2.60 bits per heavy atom. The smallest absolute Gasteiger partial charge is 0.265 e. The van der Waals surface area contributed by atoms with Gasteiger partial charge in [-0.15, -0.1) is 11.3 Å². The van der Waals surface area contributed by atoms with Crippen LogP contribution in [0.5, 0.6) is 5.88 Å². The summed E-state index contributed by atoms with van der Waals surface area (Å²) in [5.41, 5.74) is 0.0174. The molecule has 0 amide bonds. The van der Waals surface area contributed by atoms with Crippen molar-refractivity contribution in [2.45, 2.75) is 19.9 Å². The zero-order chi connectivity index (χ0) is 14.7. The van der Waals surface area contributed by atoms with Crippen LogP contribution in [0.1, 0.15) is 30.3 Å². The normalized spacial score (nSPS) is 12.8. The molecule has 7 heteroatoms. The van der Waals surface area contributed by atoms with Crippen LogP contribution in [0.4, 0.5) is 0 Å². The van der Waals surface area contributed by atoms with Crippen LogP contribution >= 0.6 is 23.6 Å². The molecule has 0 aliphatic heterocycles. The maximum atomic E-state index is 12.2. The molecule has 0 aliphatic carbocycles. The van der Waals surface area contributed by atoms with Crippen LogP contribution in [0, 0.1) is 4.77 Å². The van der Waals surface area contributed by atoms with Crippen molar-refractivity contribution in [1.29, 1.82) is 0 Å². The fraction of sp³-hybridized carbons (Fsp3) is 0.385. The van der Waals surface area contributed by atoms with E-state index in [-0.39, 0.29) is 22.3 Å². The Morgan fingerprint density at radius 1 is 1.40 bits per heavy atom. The van der Waals surface area contributed by atoms with Gasteiger partial charge in [0.25, 0.3) is 5.56 Å². The third kappa shape index (κ3) is 2.84. The van der Waals surface area contributed by atoms with Crippen molar-refractivity contribution in [3.8, 4) is 5.88 Å². The van der Waals surface area contributed by atoms with Crippen LogP contribution in [-0.2, 0) is 0 Å². The molecule has 0 aromatic carbocycles. The molecule has 0 spiro atoms. The van der Waals surface area contributed by atoms with E-state index >= 15 is 0 Å². The van der Waals surface area contributed by atoms with Gasteiger partial charge in [-0.25, -0.2) is 0 Å². The van der Waals surface area contributed by atoms with Gasteiger partial charge in [-0.3, -0.25) is 9.78 Å². The van der Waals surface area contributed by atoms with Crippen LogP contribution in [0.2, 0.25) is 0 Å². The van der Waals surface area contributed by atoms with Gasteiger partial charge in [0.15, 0.2) is 10.8 Å². The van der Waals surface area contributed by atoms with Gasteiger partial charge in [0.2, 0.25) is 5.88 Å². The summed E-state index contributed by atoms with van der Waals surface area (Å²) in [5.74, 6) is -0.142. The highest BCUT2D eigenvalue weighted by molar-refractivity contribution is 7.71. The number of aromatic nitrogens is 2. The van der Waals surface area contributed by atoms with Crippen LogP contribution in [0.25, 0.3) is 0 Å². The fourth-order valence-corrected chi connectivity index (χ4v) is 3.49. The van der Waals surface area contributed by atoms with Crippen molar-refractivity contribution in [3.05, 3.63) is 43.1 Å². The molecule has 0 bridgehead atoms. The molecule has 0 saturated carbocycles. The van der Waals surface area contributed by atoms with Crippen molar-refractivity contribution in [1.82, 2.24) is 9.97 Å². The standard InChI is InChI=1S/C13H17N3O2S2/c1-3-16(4-2)10(8-6-5-7-20-8)9-11(17)14-13(19)15-12(9)18/h5-7,10H,3-4H2,1-2H3,(H3,14,15,17,18,19)/p+1. The second-order valence-electron chi connectivity index (χ2n) is 4.48. The van der Waals surface area contributed by atoms with Crippen molar-refractivity contribution in [2.24, 2.45) is 0 Å². The fourth-order valence-electron chi connectivity index (χ4n) is 2.41. The zero-order valence-electron chi connectivity index (χ0n) is 11.4. The largest absolute Gasteiger partial charge is 0.494 e. The van der Waals surface area contributed by atoms with E-state index in [0.717, 1.165) is 18.0 Å². The summed E-state index contributed by atoms with van der Waals surface area (Å²) in [7, 11) is 0. The average molecular weight is 312 g/mol. The number of rotatable bonds is 5. The van der Waals surface area contributed by atoms with E-state index in [4.69, 9.17) is 12.2 Å². The van der Waals surface area contributed by atoms with E-state index in [2.05, 4.69) is 23.8 Å². The van der Waals surface area contributed by atoms with Gasteiger partial charge in [0, 0.05) is 0 Å². The Labute approximate surface area is 125 Å². The highest BCUT2D eigenvalue weighted by Crippen LogP contribution is 2.25. The quantitative estimate of drug-likeness (QED) is 0.627. The first-order valence-corrected chi connectivity index (χ1v) is 7.80. The summed E-state index contributed by atoms with van der Waals surface area (Å²) in [6.07, 6.45) is 0. The van der Waals surface area contributed by atoms with Gasteiger partial charge in [-0.1, -0.05) is 6.07 Å². The number of thiophene rings is 1. The van der Waals surface area contributed by atoms with Gasteiger partial charge in [0.1, 0.15) is 5.56 Å². The maximum Gasteiger partial charge on any atom is 0.265 e. The molecular formula is C13H18N3O2S2+. The average Bonchev–Trinajstić information content (AvgIpc) is 2.90. The Hall–Kier alpha value is -1.44. The Kier molecular flexibility index (Phi) is 4.74. The molecule has 0 radical (unpaired) electrons. The summed E-state index contributed by atoms with van der Waals surface area (Å²) in [4.78, 5) is 19.7. The number of quaternary nitrogens is 1. The molecule has 2 aromatic heterocycles. The highest BCUT2D eigenvalue weighted by atomic mass is 32.1. The second kappa shape index (κ2) is 6.34. The number of aromatic hydroxyl groups is 1. The Morgan fingerprint density at radius 2 is 2.10 bits per heavy atom. The predicted octanol–water partition coefficient (Wildman–Crippen LogP) is 1.21. The third-order valence-electron chi connectivity index (χ3n) is 3.39. The van der Waals surface area contributed by atoms with Crippen molar-refractivity contribution in [2.75, 3.05) is 13.1 Å². The Bertz CT molecular complexity index is 672. The van der Waals surface area contributed by atoms with Crippen LogP contribution in [0.15, 0.2) is 22.3 Å². The number of aromatic amines is 2. The molecule has 5 nitrogen and oxygen atoms in total. The molecule has 2 heterocycles. The molecule has 0 saturated heterocycles. The van der Waals surface area contributed by atoms with Gasteiger partial charge < -0.3 is 15.0 Å². The summed E-state index contributed by atoms with van der Waals surface area (Å²) in [6, 6.07) is 3.74. The topological polar surface area (TPSA) is 73.3 Å². The monoisotopic (exact) mass is 312 g/mol. The van der Waals surface area contributed by atoms with Crippen LogP contribution < -0.4 is 10.5 Å². The van der Waals surface area contributed by atoms with E-state index in [0.29, 0.717) is 5.56 Å². The van der Waals surface area contributed by atoms with E-state index < -0.39 is 0 Å². The Balaban J connectivity index is 2.64. The number of nitrogens with one attached hydrogen (secondary N) is 3. The highest BCUT2D eigenvalue weighted by Gasteiger charge is 2.30. The minimum Gasteiger partial charge on any atom is -0.494 e. The predicted molar refractivity (Wildman–Crippen MR) is 82.1 cm³/mol. The zero-order valence-corrected chi connectivity index (χ0v) is 13.0. The van der Waals surface area contributed by atoms with E-state index in [1.807, 2.05) is 17.5 Å². The molecule has 4 N–H and O–H groups in total. The van der Waals surface area contributed by atoms with E-state index in [9.17, 15) is 9.90 Å².